The van der Waals surface area contributed by atoms with Gasteiger partial charge >= 0.3 is 5.97 Å². The highest BCUT2D eigenvalue weighted by Gasteiger charge is 2.16. The van der Waals surface area contributed by atoms with Crippen LogP contribution in [0.15, 0.2) is 22.6 Å². The first-order valence-corrected chi connectivity index (χ1v) is 4.46. The lowest BCUT2D eigenvalue weighted by molar-refractivity contribution is 0.0698. The maximum atomic E-state index is 10.8. The molecule has 0 unspecified atom stereocenters. The van der Waals surface area contributed by atoms with Crippen molar-refractivity contribution in [3.63, 3.8) is 0 Å². The first-order chi connectivity index (χ1) is 6.61. The van der Waals surface area contributed by atoms with Gasteiger partial charge in [0.2, 0.25) is 5.22 Å². The van der Waals surface area contributed by atoms with Crippen molar-refractivity contribution < 1.29 is 14.3 Å². The number of carboxylic acid groups (broad SMARTS) is 1. The van der Waals surface area contributed by atoms with E-state index in [1.54, 1.807) is 12.1 Å². The Balaban J connectivity index is 2.88. The number of aromatic carboxylic acids is 1. The minimum Gasteiger partial charge on any atom is -0.478 e. The van der Waals surface area contributed by atoms with Crippen LogP contribution in [0.1, 0.15) is 10.4 Å². The van der Waals surface area contributed by atoms with Gasteiger partial charge in [-0.2, -0.15) is 0 Å². The average molecular weight is 231 g/mol. The number of furan rings is 1. The molecule has 0 aliphatic rings. The number of benzene rings is 1. The lowest BCUT2D eigenvalue weighted by Gasteiger charge is -1.93. The molecule has 14 heavy (non-hydrogen) atoms. The van der Waals surface area contributed by atoms with Crippen LogP contribution in [0.4, 0.5) is 0 Å². The Morgan fingerprint density at radius 3 is 2.71 bits per heavy atom. The summed E-state index contributed by atoms with van der Waals surface area (Å²) in [6, 6.07) is 4.67. The Morgan fingerprint density at radius 1 is 1.36 bits per heavy atom. The zero-order valence-corrected chi connectivity index (χ0v) is 8.26. The number of rotatable bonds is 1. The highest BCUT2D eigenvalue weighted by molar-refractivity contribution is 6.44. The molecule has 1 N–H and O–H groups in total. The largest absolute Gasteiger partial charge is 0.478 e. The molecule has 3 nitrogen and oxygen atoms in total. The van der Waals surface area contributed by atoms with Crippen LogP contribution >= 0.6 is 23.2 Å². The molecule has 2 rings (SSSR count). The summed E-state index contributed by atoms with van der Waals surface area (Å²) in [4.78, 5) is 10.8. The molecule has 0 aliphatic heterocycles. The lowest BCUT2D eigenvalue weighted by Crippen LogP contribution is -1.95. The predicted molar refractivity (Wildman–Crippen MR) is 53.2 cm³/mol. The molecule has 0 saturated heterocycles. The summed E-state index contributed by atoms with van der Waals surface area (Å²) in [6.07, 6.45) is 0. The van der Waals surface area contributed by atoms with Gasteiger partial charge in [-0.3, -0.25) is 0 Å². The second-order valence-electron chi connectivity index (χ2n) is 2.68. The van der Waals surface area contributed by atoms with Crippen molar-refractivity contribution >= 4 is 40.1 Å². The molecule has 0 aliphatic carbocycles. The van der Waals surface area contributed by atoms with Crippen LogP contribution in [0.3, 0.4) is 0 Å². The summed E-state index contributed by atoms with van der Waals surface area (Å²) in [5.41, 5.74) is 0.256. The van der Waals surface area contributed by atoms with Crippen LogP contribution in [-0.4, -0.2) is 11.1 Å². The number of fused-ring (bicyclic) bond motifs is 1. The molecule has 0 bridgehead atoms. The summed E-state index contributed by atoms with van der Waals surface area (Å²) in [7, 11) is 0. The SMILES string of the molecule is O=C(O)c1cccc2c(Cl)c(Cl)oc12. The van der Waals surface area contributed by atoms with Gasteiger partial charge in [0.1, 0.15) is 10.6 Å². The smallest absolute Gasteiger partial charge is 0.339 e. The quantitative estimate of drug-likeness (QED) is 0.817. The Labute approximate surface area is 88.8 Å². The molecule has 1 aromatic carbocycles. The first kappa shape index (κ1) is 9.37. The van der Waals surface area contributed by atoms with E-state index in [1.165, 1.54) is 6.07 Å². The monoisotopic (exact) mass is 230 g/mol. The third-order valence-corrected chi connectivity index (χ3v) is 2.58. The van der Waals surface area contributed by atoms with E-state index in [0.29, 0.717) is 5.39 Å². The van der Waals surface area contributed by atoms with Crippen LogP contribution in [0, 0.1) is 0 Å². The number of carboxylic acids is 1. The fraction of sp³-hybridized carbons (Fsp3) is 0. The summed E-state index contributed by atoms with van der Waals surface area (Å²) in [5, 5.41) is 9.60. The van der Waals surface area contributed by atoms with Crippen molar-refractivity contribution in [2.45, 2.75) is 0 Å². The van der Waals surface area contributed by atoms with Gasteiger partial charge in [0.15, 0.2) is 5.58 Å². The molecule has 0 spiro atoms. The van der Waals surface area contributed by atoms with Crippen LogP contribution < -0.4 is 0 Å². The minimum absolute atomic E-state index is 0.00960. The van der Waals surface area contributed by atoms with Gasteiger partial charge in [-0.1, -0.05) is 17.7 Å². The number of carbonyl (C=O) groups is 1. The molecule has 0 saturated carbocycles. The van der Waals surface area contributed by atoms with E-state index in [1.807, 2.05) is 0 Å². The molecule has 2 aromatic rings. The van der Waals surface area contributed by atoms with Crippen LogP contribution in [0.2, 0.25) is 10.2 Å². The fourth-order valence-electron chi connectivity index (χ4n) is 1.23. The molecule has 0 amide bonds. The van der Waals surface area contributed by atoms with E-state index in [-0.39, 0.29) is 21.4 Å². The number of para-hydroxylation sites is 1. The van der Waals surface area contributed by atoms with E-state index in [9.17, 15) is 4.79 Å². The molecule has 0 atom stereocenters. The Hall–Kier alpha value is -1.19. The van der Waals surface area contributed by atoms with Gasteiger partial charge in [-0.15, -0.1) is 0 Å². The van der Waals surface area contributed by atoms with Gasteiger partial charge in [0.05, 0.1) is 0 Å². The molecule has 1 aromatic heterocycles. The summed E-state index contributed by atoms with van der Waals surface area (Å²) >= 11 is 11.4. The summed E-state index contributed by atoms with van der Waals surface area (Å²) < 4.78 is 5.04. The highest BCUT2D eigenvalue weighted by Crippen LogP contribution is 2.35. The van der Waals surface area contributed by atoms with E-state index in [2.05, 4.69) is 0 Å². The molecule has 0 radical (unpaired) electrons. The average Bonchev–Trinajstić information content (AvgIpc) is 2.43. The summed E-state index contributed by atoms with van der Waals surface area (Å²) in [5.74, 6) is -1.07. The number of halogens is 2. The van der Waals surface area contributed by atoms with Crippen molar-refractivity contribution in [3.05, 3.63) is 34.0 Å². The van der Waals surface area contributed by atoms with E-state index >= 15 is 0 Å². The Morgan fingerprint density at radius 2 is 2.07 bits per heavy atom. The third kappa shape index (κ3) is 1.25. The van der Waals surface area contributed by atoms with E-state index in [0.717, 1.165) is 0 Å². The zero-order chi connectivity index (χ0) is 10.3. The molecule has 1 heterocycles. The lowest BCUT2D eigenvalue weighted by atomic mass is 10.1. The standard InChI is InChI=1S/C9H4Cl2O3/c10-6-4-2-1-3-5(9(12)13)7(4)14-8(6)11/h1-3H,(H,12,13). The molecular formula is C9H4Cl2O3. The van der Waals surface area contributed by atoms with Crippen LogP contribution in [0.25, 0.3) is 11.0 Å². The number of hydrogen-bond acceptors (Lipinski definition) is 2. The fourth-order valence-corrected chi connectivity index (χ4v) is 1.59. The van der Waals surface area contributed by atoms with Crippen molar-refractivity contribution in [1.82, 2.24) is 0 Å². The molecule has 72 valence electrons. The van der Waals surface area contributed by atoms with Crippen molar-refractivity contribution in [2.75, 3.05) is 0 Å². The molecule has 0 fully saturated rings. The molecular weight excluding hydrogens is 227 g/mol. The van der Waals surface area contributed by atoms with Crippen molar-refractivity contribution in [3.8, 4) is 0 Å². The topological polar surface area (TPSA) is 50.4 Å². The van der Waals surface area contributed by atoms with Gasteiger partial charge in [0.25, 0.3) is 0 Å². The normalized spacial score (nSPS) is 10.7. The zero-order valence-electron chi connectivity index (χ0n) is 6.75. The van der Waals surface area contributed by atoms with Crippen LogP contribution in [-0.2, 0) is 0 Å². The number of hydrogen-bond donors (Lipinski definition) is 1. The van der Waals surface area contributed by atoms with Crippen molar-refractivity contribution in [2.24, 2.45) is 0 Å². The van der Waals surface area contributed by atoms with Crippen molar-refractivity contribution in [1.29, 1.82) is 0 Å². The van der Waals surface area contributed by atoms with Gasteiger partial charge < -0.3 is 9.52 Å². The maximum Gasteiger partial charge on any atom is 0.339 e. The van der Waals surface area contributed by atoms with Gasteiger partial charge in [-0.05, 0) is 23.7 Å². The highest BCUT2D eigenvalue weighted by atomic mass is 35.5. The Bertz CT molecular complexity index is 516. The van der Waals surface area contributed by atoms with Gasteiger partial charge in [-0.25, -0.2) is 4.79 Å². The first-order valence-electron chi connectivity index (χ1n) is 3.71. The van der Waals surface area contributed by atoms with Crippen LogP contribution in [0.5, 0.6) is 0 Å². The third-order valence-electron chi connectivity index (χ3n) is 1.85. The van der Waals surface area contributed by atoms with Gasteiger partial charge in [0, 0.05) is 5.39 Å². The second kappa shape index (κ2) is 3.19. The maximum absolute atomic E-state index is 10.8. The molecule has 5 heteroatoms. The minimum atomic E-state index is -1.07. The van der Waals surface area contributed by atoms with E-state index in [4.69, 9.17) is 32.7 Å². The van der Waals surface area contributed by atoms with E-state index < -0.39 is 5.97 Å². The summed E-state index contributed by atoms with van der Waals surface area (Å²) in [6.45, 7) is 0. The second-order valence-corrected chi connectivity index (χ2v) is 3.40. The Kier molecular flexibility index (Phi) is 2.13. The predicted octanol–water partition coefficient (Wildman–Crippen LogP) is 3.44.